The fraction of sp³-hybridized carbons (Fsp3) is 0.625. The number of ether oxygens (including phenoxy) is 1. The highest BCUT2D eigenvalue weighted by Crippen LogP contribution is 2.44. The molecule has 19 heavy (non-hydrogen) atoms. The van der Waals surface area contributed by atoms with Crippen molar-refractivity contribution in [2.75, 3.05) is 26.7 Å². The molecular formula is C16H24N2O. The second-order valence-corrected chi connectivity index (χ2v) is 6.08. The SMILES string of the molecule is COc1cccc(CN2CCNCC2(C)C2CC2)c1. The number of hydrogen-bond acceptors (Lipinski definition) is 3. The van der Waals surface area contributed by atoms with Crippen molar-refractivity contribution in [2.24, 2.45) is 5.92 Å². The molecule has 1 unspecified atom stereocenters. The Kier molecular flexibility index (Phi) is 3.50. The van der Waals surface area contributed by atoms with Crippen molar-refractivity contribution in [1.82, 2.24) is 10.2 Å². The molecule has 3 nitrogen and oxygen atoms in total. The predicted molar refractivity (Wildman–Crippen MR) is 77.4 cm³/mol. The zero-order valence-corrected chi connectivity index (χ0v) is 12.0. The molecule has 1 N–H and O–H groups in total. The van der Waals surface area contributed by atoms with E-state index in [0.29, 0.717) is 5.54 Å². The smallest absolute Gasteiger partial charge is 0.119 e. The lowest BCUT2D eigenvalue weighted by Gasteiger charge is -2.46. The van der Waals surface area contributed by atoms with E-state index in [1.165, 1.54) is 18.4 Å². The van der Waals surface area contributed by atoms with Crippen molar-refractivity contribution >= 4 is 0 Å². The largest absolute Gasteiger partial charge is 0.497 e. The molecule has 2 fully saturated rings. The fourth-order valence-electron chi connectivity index (χ4n) is 3.28. The Balaban J connectivity index is 1.76. The van der Waals surface area contributed by atoms with E-state index >= 15 is 0 Å². The molecule has 1 saturated carbocycles. The first-order chi connectivity index (χ1) is 9.22. The van der Waals surface area contributed by atoms with Gasteiger partial charge in [-0.15, -0.1) is 0 Å². The molecule has 1 aromatic carbocycles. The van der Waals surface area contributed by atoms with Crippen molar-refractivity contribution in [3.8, 4) is 5.75 Å². The lowest BCUT2D eigenvalue weighted by Crippen LogP contribution is -2.60. The summed E-state index contributed by atoms with van der Waals surface area (Å²) >= 11 is 0. The first-order valence-electron chi connectivity index (χ1n) is 7.31. The van der Waals surface area contributed by atoms with Gasteiger partial charge >= 0.3 is 0 Å². The Morgan fingerprint density at radius 2 is 2.26 bits per heavy atom. The lowest BCUT2D eigenvalue weighted by molar-refractivity contribution is 0.0484. The zero-order chi connectivity index (χ0) is 13.3. The number of benzene rings is 1. The highest BCUT2D eigenvalue weighted by atomic mass is 16.5. The molecule has 2 aliphatic rings. The summed E-state index contributed by atoms with van der Waals surface area (Å²) in [5.41, 5.74) is 1.69. The van der Waals surface area contributed by atoms with Crippen LogP contribution in [0.25, 0.3) is 0 Å². The molecule has 3 rings (SSSR count). The molecule has 0 amide bonds. The van der Waals surface area contributed by atoms with Crippen LogP contribution in [-0.4, -0.2) is 37.2 Å². The molecule has 0 aromatic heterocycles. The van der Waals surface area contributed by atoms with Crippen LogP contribution in [0.5, 0.6) is 5.75 Å². The van der Waals surface area contributed by atoms with Gasteiger partial charge in [0.05, 0.1) is 7.11 Å². The van der Waals surface area contributed by atoms with Crippen molar-refractivity contribution in [3.63, 3.8) is 0 Å². The minimum Gasteiger partial charge on any atom is -0.497 e. The van der Waals surface area contributed by atoms with Crippen LogP contribution < -0.4 is 10.1 Å². The first kappa shape index (κ1) is 12.9. The summed E-state index contributed by atoms with van der Waals surface area (Å²) in [6.07, 6.45) is 2.79. The van der Waals surface area contributed by atoms with E-state index < -0.39 is 0 Å². The molecule has 104 valence electrons. The summed E-state index contributed by atoms with van der Waals surface area (Å²) in [7, 11) is 1.73. The minimum absolute atomic E-state index is 0.335. The van der Waals surface area contributed by atoms with Crippen LogP contribution in [0.4, 0.5) is 0 Å². The zero-order valence-electron chi connectivity index (χ0n) is 12.0. The van der Waals surface area contributed by atoms with Crippen LogP contribution in [0.1, 0.15) is 25.3 Å². The van der Waals surface area contributed by atoms with Crippen molar-refractivity contribution < 1.29 is 4.74 Å². The van der Waals surface area contributed by atoms with Gasteiger partial charge in [0.1, 0.15) is 5.75 Å². The average Bonchev–Trinajstić information content (AvgIpc) is 3.27. The van der Waals surface area contributed by atoms with Gasteiger partial charge in [0, 0.05) is 31.7 Å². The molecule has 0 bridgehead atoms. The maximum atomic E-state index is 5.32. The Bertz CT molecular complexity index is 444. The van der Waals surface area contributed by atoms with Crippen LogP contribution in [0.2, 0.25) is 0 Å². The third-order valence-corrected chi connectivity index (χ3v) is 4.73. The molecule has 0 spiro atoms. The molecular weight excluding hydrogens is 236 g/mol. The number of hydrogen-bond donors (Lipinski definition) is 1. The van der Waals surface area contributed by atoms with Gasteiger partial charge in [-0.2, -0.15) is 0 Å². The van der Waals surface area contributed by atoms with Gasteiger partial charge in [0.15, 0.2) is 0 Å². The first-order valence-corrected chi connectivity index (χ1v) is 7.31. The van der Waals surface area contributed by atoms with E-state index in [1.54, 1.807) is 7.11 Å². The van der Waals surface area contributed by atoms with E-state index in [2.05, 4.69) is 35.3 Å². The van der Waals surface area contributed by atoms with Crippen LogP contribution in [0.3, 0.4) is 0 Å². The molecule has 0 radical (unpaired) electrons. The highest BCUT2D eigenvalue weighted by molar-refractivity contribution is 5.28. The third kappa shape index (κ3) is 2.63. The summed E-state index contributed by atoms with van der Waals surface area (Å²) in [4.78, 5) is 2.66. The monoisotopic (exact) mass is 260 g/mol. The van der Waals surface area contributed by atoms with E-state index in [0.717, 1.165) is 37.8 Å². The second-order valence-electron chi connectivity index (χ2n) is 6.08. The van der Waals surface area contributed by atoms with E-state index in [1.807, 2.05) is 6.07 Å². The normalized spacial score (nSPS) is 28.3. The molecule has 1 aliphatic carbocycles. The summed E-state index contributed by atoms with van der Waals surface area (Å²) in [5.74, 6) is 1.84. The van der Waals surface area contributed by atoms with Gasteiger partial charge in [-0.1, -0.05) is 12.1 Å². The van der Waals surface area contributed by atoms with Crippen molar-refractivity contribution in [3.05, 3.63) is 29.8 Å². The number of nitrogens with one attached hydrogen (secondary N) is 1. The molecule has 3 heteroatoms. The van der Waals surface area contributed by atoms with Gasteiger partial charge in [-0.05, 0) is 43.4 Å². The van der Waals surface area contributed by atoms with Crippen molar-refractivity contribution in [1.29, 1.82) is 0 Å². The number of piperazine rings is 1. The topological polar surface area (TPSA) is 24.5 Å². The molecule has 1 aromatic rings. The van der Waals surface area contributed by atoms with Crippen LogP contribution >= 0.6 is 0 Å². The third-order valence-electron chi connectivity index (χ3n) is 4.73. The summed E-state index contributed by atoms with van der Waals surface area (Å²) in [5, 5.41) is 3.57. The van der Waals surface area contributed by atoms with E-state index in [4.69, 9.17) is 4.74 Å². The van der Waals surface area contributed by atoms with Crippen LogP contribution in [0, 0.1) is 5.92 Å². The Morgan fingerprint density at radius 1 is 1.42 bits per heavy atom. The predicted octanol–water partition coefficient (Wildman–Crippen LogP) is 2.27. The van der Waals surface area contributed by atoms with Crippen LogP contribution in [0.15, 0.2) is 24.3 Å². The molecule has 1 heterocycles. The number of nitrogens with zero attached hydrogens (tertiary/aromatic N) is 1. The fourth-order valence-corrected chi connectivity index (χ4v) is 3.28. The van der Waals surface area contributed by atoms with Gasteiger partial charge in [-0.3, -0.25) is 4.90 Å². The highest BCUT2D eigenvalue weighted by Gasteiger charge is 2.46. The van der Waals surface area contributed by atoms with E-state index in [9.17, 15) is 0 Å². The molecule has 1 atom stereocenters. The van der Waals surface area contributed by atoms with Crippen LogP contribution in [-0.2, 0) is 6.54 Å². The lowest BCUT2D eigenvalue weighted by atomic mass is 9.90. The number of methoxy groups -OCH3 is 1. The van der Waals surface area contributed by atoms with Gasteiger partial charge in [-0.25, -0.2) is 0 Å². The number of rotatable bonds is 4. The molecule has 1 aliphatic heterocycles. The quantitative estimate of drug-likeness (QED) is 0.899. The summed E-state index contributed by atoms with van der Waals surface area (Å²) < 4.78 is 5.32. The molecule has 1 saturated heterocycles. The summed E-state index contributed by atoms with van der Waals surface area (Å²) in [6.45, 7) is 6.83. The Morgan fingerprint density at radius 3 is 3.00 bits per heavy atom. The standard InChI is InChI=1S/C16H24N2O/c1-16(14-6-7-14)12-17-8-9-18(16)11-13-4-3-5-15(10-13)19-2/h3-5,10,14,17H,6-9,11-12H2,1-2H3. The van der Waals surface area contributed by atoms with Gasteiger partial charge < -0.3 is 10.1 Å². The Labute approximate surface area is 115 Å². The van der Waals surface area contributed by atoms with Crippen molar-refractivity contribution in [2.45, 2.75) is 31.8 Å². The van der Waals surface area contributed by atoms with E-state index in [-0.39, 0.29) is 0 Å². The summed E-state index contributed by atoms with van der Waals surface area (Å²) in [6, 6.07) is 8.47. The minimum atomic E-state index is 0.335. The maximum Gasteiger partial charge on any atom is 0.119 e. The average molecular weight is 260 g/mol. The Hall–Kier alpha value is -1.06. The second kappa shape index (κ2) is 5.14. The van der Waals surface area contributed by atoms with Gasteiger partial charge in [0.25, 0.3) is 0 Å². The van der Waals surface area contributed by atoms with Gasteiger partial charge in [0.2, 0.25) is 0 Å². The maximum absolute atomic E-state index is 5.32.